The molecule has 1 N–H and O–H groups in total. The summed E-state index contributed by atoms with van der Waals surface area (Å²) in [5.41, 5.74) is -1.78. The number of carbonyl (C=O) groups is 1. The van der Waals surface area contributed by atoms with Gasteiger partial charge >= 0.3 is 5.97 Å². The summed E-state index contributed by atoms with van der Waals surface area (Å²) in [7, 11) is 0. The van der Waals surface area contributed by atoms with Gasteiger partial charge in [-0.3, -0.25) is 4.79 Å². The largest absolute Gasteiger partial charge is 0.481 e. The number of halogens is 3. The summed E-state index contributed by atoms with van der Waals surface area (Å²) in [5.74, 6) is -1.84. The number of hydrogen-bond donors (Lipinski definition) is 1. The normalized spacial score (nSPS) is 18.5. The number of rotatable bonds is 3. The molecular weight excluding hydrogens is 257 g/mol. The predicted octanol–water partition coefficient (Wildman–Crippen LogP) is 4.05. The van der Waals surface area contributed by atoms with Crippen molar-refractivity contribution in [1.29, 1.82) is 0 Å². The molecule has 1 aliphatic rings. The molecule has 1 fully saturated rings. The van der Waals surface area contributed by atoms with E-state index in [0.717, 1.165) is 24.6 Å². The standard InChI is InChI=1S/C14H15F3O2/c15-11-5-4-9(12(16)17)8-10(11)14(13(18)19)6-2-1-3-7-14/h4-5,8,12H,1-3,6-7H2,(H,18,19). The Labute approximate surface area is 109 Å². The Morgan fingerprint density at radius 2 is 1.84 bits per heavy atom. The van der Waals surface area contributed by atoms with Crippen LogP contribution < -0.4 is 0 Å². The third kappa shape index (κ3) is 2.46. The molecule has 0 spiro atoms. The topological polar surface area (TPSA) is 37.3 Å². The number of hydrogen-bond acceptors (Lipinski definition) is 1. The fourth-order valence-corrected chi connectivity index (χ4v) is 2.80. The van der Waals surface area contributed by atoms with Gasteiger partial charge in [0, 0.05) is 11.1 Å². The number of carboxylic acids is 1. The van der Waals surface area contributed by atoms with Crippen molar-refractivity contribution in [2.24, 2.45) is 0 Å². The molecule has 0 amide bonds. The summed E-state index contributed by atoms with van der Waals surface area (Å²) in [5, 5.41) is 9.44. The zero-order valence-electron chi connectivity index (χ0n) is 10.3. The van der Waals surface area contributed by atoms with Gasteiger partial charge in [-0.15, -0.1) is 0 Å². The summed E-state index contributed by atoms with van der Waals surface area (Å²) in [6.07, 6.45) is 0.104. The highest BCUT2D eigenvalue weighted by Gasteiger charge is 2.43. The van der Waals surface area contributed by atoms with Crippen LogP contribution in [0.5, 0.6) is 0 Å². The number of alkyl halides is 2. The highest BCUT2D eigenvalue weighted by Crippen LogP contribution is 2.41. The quantitative estimate of drug-likeness (QED) is 0.901. The fraction of sp³-hybridized carbons (Fsp3) is 0.500. The molecule has 0 aliphatic heterocycles. The van der Waals surface area contributed by atoms with E-state index in [0.29, 0.717) is 25.7 Å². The molecule has 0 saturated heterocycles. The second-order valence-corrected chi connectivity index (χ2v) is 4.99. The molecule has 2 nitrogen and oxygen atoms in total. The molecule has 5 heteroatoms. The molecule has 0 radical (unpaired) electrons. The molecule has 2 rings (SSSR count). The maximum absolute atomic E-state index is 13.9. The van der Waals surface area contributed by atoms with Gasteiger partial charge in [-0.05, 0) is 25.0 Å². The Morgan fingerprint density at radius 3 is 2.37 bits per heavy atom. The Morgan fingerprint density at radius 1 is 1.21 bits per heavy atom. The molecular formula is C14H15F3O2. The average molecular weight is 272 g/mol. The zero-order chi connectivity index (χ0) is 14.0. The second-order valence-electron chi connectivity index (χ2n) is 4.99. The van der Waals surface area contributed by atoms with E-state index in [-0.39, 0.29) is 11.1 Å². The van der Waals surface area contributed by atoms with Crippen LogP contribution in [0.3, 0.4) is 0 Å². The van der Waals surface area contributed by atoms with Gasteiger partial charge in [0.1, 0.15) is 5.82 Å². The van der Waals surface area contributed by atoms with Crippen LogP contribution in [0.2, 0.25) is 0 Å². The van der Waals surface area contributed by atoms with Crippen LogP contribution in [0.1, 0.15) is 49.7 Å². The molecule has 0 heterocycles. The Bertz CT molecular complexity index is 480. The van der Waals surface area contributed by atoms with Crippen molar-refractivity contribution < 1.29 is 23.1 Å². The van der Waals surface area contributed by atoms with Crippen molar-refractivity contribution in [1.82, 2.24) is 0 Å². The Balaban J connectivity index is 2.52. The van der Waals surface area contributed by atoms with Gasteiger partial charge in [0.05, 0.1) is 5.41 Å². The Hall–Kier alpha value is -1.52. The molecule has 104 valence electrons. The van der Waals surface area contributed by atoms with Gasteiger partial charge in [0.2, 0.25) is 0 Å². The van der Waals surface area contributed by atoms with Crippen LogP contribution in [0, 0.1) is 5.82 Å². The molecule has 19 heavy (non-hydrogen) atoms. The van der Waals surface area contributed by atoms with Crippen molar-refractivity contribution >= 4 is 5.97 Å². The molecule has 0 unspecified atom stereocenters. The highest BCUT2D eigenvalue weighted by atomic mass is 19.3. The van der Waals surface area contributed by atoms with Crippen LogP contribution in [0.15, 0.2) is 18.2 Å². The van der Waals surface area contributed by atoms with Crippen LogP contribution >= 0.6 is 0 Å². The predicted molar refractivity (Wildman–Crippen MR) is 63.8 cm³/mol. The van der Waals surface area contributed by atoms with Crippen molar-refractivity contribution in [3.63, 3.8) is 0 Å². The number of benzene rings is 1. The lowest BCUT2D eigenvalue weighted by atomic mass is 9.69. The maximum Gasteiger partial charge on any atom is 0.314 e. The van der Waals surface area contributed by atoms with Gasteiger partial charge in [0.15, 0.2) is 0 Å². The van der Waals surface area contributed by atoms with Crippen molar-refractivity contribution in [3.8, 4) is 0 Å². The molecule has 1 aromatic rings. The van der Waals surface area contributed by atoms with Crippen LogP contribution in [-0.2, 0) is 10.2 Å². The molecule has 0 bridgehead atoms. The maximum atomic E-state index is 13.9. The van der Waals surface area contributed by atoms with Gasteiger partial charge in [-0.2, -0.15) is 0 Å². The highest BCUT2D eigenvalue weighted by molar-refractivity contribution is 5.81. The van der Waals surface area contributed by atoms with Crippen LogP contribution in [-0.4, -0.2) is 11.1 Å². The fourth-order valence-electron chi connectivity index (χ4n) is 2.80. The molecule has 1 saturated carbocycles. The van der Waals surface area contributed by atoms with E-state index in [9.17, 15) is 23.1 Å². The molecule has 0 aromatic heterocycles. The van der Waals surface area contributed by atoms with E-state index in [1.165, 1.54) is 0 Å². The van der Waals surface area contributed by atoms with Crippen LogP contribution in [0.4, 0.5) is 13.2 Å². The summed E-state index contributed by atoms with van der Waals surface area (Å²) >= 11 is 0. The summed E-state index contributed by atoms with van der Waals surface area (Å²) in [4.78, 5) is 11.6. The number of carboxylic acid groups (broad SMARTS) is 1. The van der Waals surface area contributed by atoms with Gasteiger partial charge < -0.3 is 5.11 Å². The van der Waals surface area contributed by atoms with E-state index in [1.54, 1.807) is 0 Å². The SMILES string of the molecule is O=C(O)C1(c2cc(C(F)F)ccc2F)CCCCC1. The summed E-state index contributed by atoms with van der Waals surface area (Å²) in [6.45, 7) is 0. The van der Waals surface area contributed by atoms with Crippen molar-refractivity contribution in [2.45, 2.75) is 43.9 Å². The van der Waals surface area contributed by atoms with E-state index in [1.807, 2.05) is 0 Å². The van der Waals surface area contributed by atoms with Gasteiger partial charge in [-0.25, -0.2) is 13.2 Å². The molecule has 1 aliphatic carbocycles. The summed E-state index contributed by atoms with van der Waals surface area (Å²) < 4.78 is 39.3. The minimum Gasteiger partial charge on any atom is -0.481 e. The minimum atomic E-state index is -2.73. The minimum absolute atomic E-state index is 0.0995. The lowest BCUT2D eigenvalue weighted by Gasteiger charge is -2.34. The van der Waals surface area contributed by atoms with Gasteiger partial charge in [-0.1, -0.05) is 25.3 Å². The summed E-state index contributed by atoms with van der Waals surface area (Å²) in [6, 6.07) is 2.96. The molecule has 1 aromatic carbocycles. The lowest BCUT2D eigenvalue weighted by Crippen LogP contribution is -2.38. The van der Waals surface area contributed by atoms with Crippen molar-refractivity contribution in [2.75, 3.05) is 0 Å². The van der Waals surface area contributed by atoms with Crippen LogP contribution in [0.25, 0.3) is 0 Å². The second kappa shape index (κ2) is 5.23. The van der Waals surface area contributed by atoms with E-state index in [4.69, 9.17) is 0 Å². The lowest BCUT2D eigenvalue weighted by molar-refractivity contribution is -0.145. The third-order valence-electron chi connectivity index (χ3n) is 3.87. The third-order valence-corrected chi connectivity index (χ3v) is 3.87. The first-order valence-electron chi connectivity index (χ1n) is 6.29. The van der Waals surface area contributed by atoms with E-state index >= 15 is 0 Å². The zero-order valence-corrected chi connectivity index (χ0v) is 10.3. The first kappa shape index (κ1) is 13.9. The smallest absolute Gasteiger partial charge is 0.314 e. The average Bonchev–Trinajstić information content (AvgIpc) is 2.39. The first-order chi connectivity index (χ1) is 8.97. The van der Waals surface area contributed by atoms with E-state index in [2.05, 4.69) is 0 Å². The van der Waals surface area contributed by atoms with E-state index < -0.39 is 23.6 Å². The van der Waals surface area contributed by atoms with Crippen molar-refractivity contribution in [3.05, 3.63) is 35.1 Å². The molecule has 0 atom stereocenters. The monoisotopic (exact) mass is 272 g/mol. The van der Waals surface area contributed by atoms with Gasteiger partial charge in [0.25, 0.3) is 6.43 Å². The number of aliphatic carboxylic acids is 1. The Kier molecular flexibility index (Phi) is 3.83. The first-order valence-corrected chi connectivity index (χ1v) is 6.29.